The van der Waals surface area contributed by atoms with Gasteiger partial charge in [0, 0.05) is 25.8 Å². The number of hydrogen-bond acceptors (Lipinski definition) is 8. The highest BCUT2D eigenvalue weighted by Crippen LogP contribution is 2.31. The highest BCUT2D eigenvalue weighted by Gasteiger charge is 2.24. The molecule has 7 nitrogen and oxygen atoms in total. The molecule has 2 aromatic carbocycles. The van der Waals surface area contributed by atoms with Crippen LogP contribution in [0.15, 0.2) is 60.8 Å². The number of hydrogen-bond donors (Lipinski definition) is 0. The van der Waals surface area contributed by atoms with Gasteiger partial charge in [-0.25, -0.2) is 9.97 Å². The number of nitrogens with zero attached hydrogens (tertiary/aromatic N) is 5. The summed E-state index contributed by atoms with van der Waals surface area (Å²) in [6.45, 7) is 9.79. The van der Waals surface area contributed by atoms with Gasteiger partial charge >= 0.3 is 6.01 Å². The molecule has 1 aliphatic rings. The van der Waals surface area contributed by atoms with E-state index in [2.05, 4.69) is 71.0 Å². The zero-order valence-electron chi connectivity index (χ0n) is 22.1. The molecule has 2 aromatic heterocycles. The second-order valence-electron chi connectivity index (χ2n) is 10.7. The van der Waals surface area contributed by atoms with Gasteiger partial charge in [0.15, 0.2) is 0 Å². The Morgan fingerprint density at radius 3 is 2.47 bits per heavy atom. The fraction of sp³-hybridized carbons (Fsp3) is 0.400. The summed E-state index contributed by atoms with van der Waals surface area (Å²) in [5.41, 5.74) is 3.73. The lowest BCUT2D eigenvalue weighted by Crippen LogP contribution is -2.39. The Hall–Kier alpha value is -3.38. The number of nitriles is 1. The monoisotopic (exact) mass is 527 g/mol. The molecule has 1 fully saturated rings. The Bertz CT molecular complexity index is 1370. The molecule has 4 aromatic rings. The molecule has 0 amide bonds. The molecule has 1 unspecified atom stereocenters. The zero-order valence-corrected chi connectivity index (χ0v) is 22.9. The van der Waals surface area contributed by atoms with Crippen molar-refractivity contribution in [3.05, 3.63) is 82.6 Å². The first-order valence-corrected chi connectivity index (χ1v) is 13.9. The Balaban J connectivity index is 1.15. The van der Waals surface area contributed by atoms with E-state index in [1.54, 1.807) is 12.3 Å². The number of thiazole rings is 1. The summed E-state index contributed by atoms with van der Waals surface area (Å²) in [6, 6.07) is 20.7. The van der Waals surface area contributed by atoms with Crippen LogP contribution in [0.5, 0.6) is 6.01 Å². The maximum atomic E-state index is 9.86. The van der Waals surface area contributed by atoms with Crippen molar-refractivity contribution in [2.24, 2.45) is 0 Å². The third-order valence-electron chi connectivity index (χ3n) is 6.49. The summed E-state index contributed by atoms with van der Waals surface area (Å²) < 4.78 is 13.1. The van der Waals surface area contributed by atoms with Crippen molar-refractivity contribution in [3.8, 4) is 12.1 Å². The lowest BCUT2D eigenvalue weighted by molar-refractivity contribution is -0.0827. The van der Waals surface area contributed by atoms with Crippen LogP contribution in [0, 0.1) is 11.3 Å². The normalized spacial score (nSPS) is 15.8. The lowest BCUT2D eigenvalue weighted by Gasteiger charge is -2.35. The second kappa shape index (κ2) is 11.6. The van der Waals surface area contributed by atoms with E-state index in [-0.39, 0.29) is 11.6 Å². The van der Waals surface area contributed by atoms with Crippen molar-refractivity contribution in [2.75, 3.05) is 13.1 Å². The Morgan fingerprint density at radius 2 is 1.76 bits per heavy atom. The number of likely N-dealkylation sites (tertiary alicyclic amines) is 1. The Morgan fingerprint density at radius 1 is 1.03 bits per heavy atom. The summed E-state index contributed by atoms with van der Waals surface area (Å²) >= 11 is 1.51. The molecule has 196 valence electrons. The maximum absolute atomic E-state index is 9.86. The molecule has 1 aliphatic heterocycles. The molecule has 0 bridgehead atoms. The molecule has 0 aliphatic carbocycles. The van der Waals surface area contributed by atoms with Crippen molar-refractivity contribution in [1.82, 2.24) is 19.9 Å². The van der Waals surface area contributed by atoms with Gasteiger partial charge in [0.05, 0.1) is 33.7 Å². The molecule has 8 heteroatoms. The van der Waals surface area contributed by atoms with Crippen molar-refractivity contribution < 1.29 is 9.47 Å². The van der Waals surface area contributed by atoms with Gasteiger partial charge in [-0.3, -0.25) is 4.90 Å². The van der Waals surface area contributed by atoms with Gasteiger partial charge in [-0.05, 0) is 62.9 Å². The Kier molecular flexibility index (Phi) is 7.98. The van der Waals surface area contributed by atoms with Crippen LogP contribution in [0.25, 0.3) is 10.2 Å². The summed E-state index contributed by atoms with van der Waals surface area (Å²) in [4.78, 5) is 15.9. The van der Waals surface area contributed by atoms with Crippen LogP contribution in [-0.4, -0.2) is 44.6 Å². The molecule has 0 N–H and O–H groups in total. The first kappa shape index (κ1) is 26.2. The molecule has 38 heavy (non-hydrogen) atoms. The molecular weight excluding hydrogens is 494 g/mol. The largest absolute Gasteiger partial charge is 0.459 e. The van der Waals surface area contributed by atoms with Crippen LogP contribution in [0.3, 0.4) is 0 Å². The highest BCUT2D eigenvalue weighted by atomic mass is 32.1. The van der Waals surface area contributed by atoms with Crippen LogP contribution < -0.4 is 4.74 Å². The Labute approximate surface area is 228 Å². The van der Waals surface area contributed by atoms with Gasteiger partial charge < -0.3 is 9.47 Å². The van der Waals surface area contributed by atoms with E-state index in [1.807, 2.05) is 24.3 Å². The van der Waals surface area contributed by atoms with Crippen molar-refractivity contribution in [1.29, 1.82) is 5.26 Å². The third-order valence-corrected chi connectivity index (χ3v) is 7.59. The molecule has 3 heterocycles. The van der Waals surface area contributed by atoms with Crippen LogP contribution in [0.1, 0.15) is 61.4 Å². The molecule has 5 rings (SSSR count). The smallest absolute Gasteiger partial charge is 0.316 e. The average molecular weight is 528 g/mol. The summed E-state index contributed by atoms with van der Waals surface area (Å²) in [6.07, 6.45) is 4.15. The summed E-state index contributed by atoms with van der Waals surface area (Å²) in [5, 5.41) is 10.6. The first-order valence-electron chi connectivity index (χ1n) is 13.0. The predicted octanol–water partition coefficient (Wildman–Crippen LogP) is 6.10. The first-order chi connectivity index (χ1) is 18.4. The second-order valence-corrected chi connectivity index (χ2v) is 11.7. The number of rotatable bonds is 8. The molecule has 0 spiro atoms. The van der Waals surface area contributed by atoms with E-state index < -0.39 is 5.92 Å². The maximum Gasteiger partial charge on any atom is 0.316 e. The van der Waals surface area contributed by atoms with Crippen LogP contribution in [0.4, 0.5) is 0 Å². The van der Waals surface area contributed by atoms with Gasteiger partial charge in [-0.2, -0.15) is 10.2 Å². The van der Waals surface area contributed by atoms with Crippen LogP contribution in [-0.2, 0) is 17.9 Å². The molecular formula is C30H33N5O2S. The SMILES string of the molecule is CC(C)(C)OC1CCN(Cc2ccc(COc3nccc(C(C#N)c4nc5ccccc5s4)n3)cc2)CC1. The van der Waals surface area contributed by atoms with Gasteiger partial charge in [0.25, 0.3) is 0 Å². The van der Waals surface area contributed by atoms with Crippen molar-refractivity contribution in [3.63, 3.8) is 0 Å². The summed E-state index contributed by atoms with van der Waals surface area (Å²) in [7, 11) is 0. The minimum Gasteiger partial charge on any atom is -0.459 e. The number of ether oxygens (including phenoxy) is 2. The number of para-hydroxylation sites is 1. The van der Waals surface area contributed by atoms with E-state index in [9.17, 15) is 5.26 Å². The van der Waals surface area contributed by atoms with Gasteiger partial charge in [-0.15, -0.1) is 11.3 Å². The van der Waals surface area contributed by atoms with E-state index in [1.165, 1.54) is 16.9 Å². The standard InChI is InChI=1S/C30H33N5O2S/c1-30(2,3)37-23-13-16-35(17-14-23)19-21-8-10-22(11-9-21)20-36-29-32-15-12-25(34-29)24(18-31)28-33-26-6-4-5-7-27(26)38-28/h4-12,15,23-24H,13-14,16-17,19-20H2,1-3H3. The quantitative estimate of drug-likeness (QED) is 0.274. The molecule has 1 saturated heterocycles. The minimum atomic E-state index is -0.567. The lowest BCUT2D eigenvalue weighted by atomic mass is 10.0. The summed E-state index contributed by atoms with van der Waals surface area (Å²) in [5.74, 6) is -0.567. The van der Waals surface area contributed by atoms with E-state index in [0.29, 0.717) is 18.4 Å². The number of fused-ring (bicyclic) bond motifs is 1. The van der Waals surface area contributed by atoms with E-state index in [0.717, 1.165) is 53.3 Å². The van der Waals surface area contributed by atoms with Crippen molar-refractivity contribution >= 4 is 21.6 Å². The zero-order chi connectivity index (χ0) is 26.5. The third kappa shape index (κ3) is 6.73. The fourth-order valence-corrected chi connectivity index (χ4v) is 5.70. The van der Waals surface area contributed by atoms with Crippen LogP contribution in [0.2, 0.25) is 0 Å². The van der Waals surface area contributed by atoms with Crippen LogP contribution >= 0.6 is 11.3 Å². The molecule has 0 radical (unpaired) electrons. The van der Waals surface area contributed by atoms with Gasteiger partial charge in [0.2, 0.25) is 0 Å². The van der Waals surface area contributed by atoms with Gasteiger partial charge in [-0.1, -0.05) is 36.4 Å². The van der Waals surface area contributed by atoms with Crippen molar-refractivity contribution in [2.45, 2.75) is 64.4 Å². The topological polar surface area (TPSA) is 84.2 Å². The molecule has 0 saturated carbocycles. The van der Waals surface area contributed by atoms with Gasteiger partial charge in [0.1, 0.15) is 17.5 Å². The highest BCUT2D eigenvalue weighted by molar-refractivity contribution is 7.18. The number of aromatic nitrogens is 3. The minimum absolute atomic E-state index is 0.0784. The molecule has 1 atom stereocenters. The number of benzene rings is 2. The van der Waals surface area contributed by atoms with E-state index >= 15 is 0 Å². The number of piperidine rings is 1. The fourth-order valence-electron chi connectivity index (χ4n) is 4.68. The average Bonchev–Trinajstić information content (AvgIpc) is 3.33. The predicted molar refractivity (Wildman–Crippen MR) is 149 cm³/mol. The van der Waals surface area contributed by atoms with E-state index in [4.69, 9.17) is 9.47 Å².